The van der Waals surface area contributed by atoms with Crippen LogP contribution in [0.15, 0.2) is 24.3 Å². The molecule has 0 heterocycles. The number of rotatable bonds is 41. The molecule has 0 unspecified atom stereocenters. The van der Waals surface area contributed by atoms with Gasteiger partial charge in [-0.15, -0.1) is 11.6 Å². The quantitative estimate of drug-likeness (QED) is 0.0412. The van der Waals surface area contributed by atoms with Crippen molar-refractivity contribution in [1.29, 1.82) is 0 Å². The third-order valence-electron chi connectivity index (χ3n) is 6.44. The molecule has 0 saturated heterocycles. The molecule has 0 aliphatic rings. The molecule has 0 aromatic heterocycles. The summed E-state index contributed by atoms with van der Waals surface area (Å²) in [6.45, 7) is 11.6. The smallest absolute Gasteiger partial charge is 0.269 e. The Bertz CT molecular complexity index is 843. The molecule has 1 rings (SSSR count). The Morgan fingerprint density at radius 1 is 0.400 bits per heavy atom. The van der Waals surface area contributed by atoms with Gasteiger partial charge in [0, 0.05) is 24.6 Å². The van der Waals surface area contributed by atoms with E-state index in [1.807, 2.05) is 0 Å². The maximum atomic E-state index is 10.6. The molecule has 15 nitrogen and oxygen atoms in total. The lowest BCUT2D eigenvalue weighted by Crippen LogP contribution is -2.15. The molecule has 0 saturated carbocycles. The van der Waals surface area contributed by atoms with Crippen LogP contribution in [0.1, 0.15) is 25.7 Å². The van der Waals surface area contributed by atoms with E-state index < -0.39 is 4.92 Å². The first-order chi connectivity index (χ1) is 24.7. The molecule has 0 radical (unpaired) electrons. The van der Waals surface area contributed by atoms with Gasteiger partial charge in [0.15, 0.2) is 0 Å². The summed E-state index contributed by atoms with van der Waals surface area (Å²) in [5, 5.41) is 10.6. The van der Waals surface area contributed by atoms with Crippen molar-refractivity contribution in [1.82, 2.24) is 0 Å². The molecule has 1 aromatic carbocycles. The van der Waals surface area contributed by atoms with Crippen molar-refractivity contribution in [3.05, 3.63) is 34.4 Å². The van der Waals surface area contributed by atoms with Crippen LogP contribution in [-0.4, -0.2) is 163 Å². The first-order valence-corrected chi connectivity index (χ1v) is 18.1. The average Bonchev–Trinajstić information content (AvgIpc) is 3.12. The Kier molecular flexibility index (Phi) is 35.6. The molecule has 0 N–H and O–H groups in total. The number of nitro benzene ring substituents is 1. The highest BCUT2D eigenvalue weighted by atomic mass is 35.5. The highest BCUT2D eigenvalue weighted by Gasteiger charge is 2.04. The second kappa shape index (κ2) is 38.5. The fourth-order valence-corrected chi connectivity index (χ4v) is 4.02. The number of alkyl halides is 1. The van der Waals surface area contributed by atoms with Crippen molar-refractivity contribution in [2.45, 2.75) is 25.7 Å². The molecular formula is C34H60ClNO14. The van der Waals surface area contributed by atoms with Crippen LogP contribution in [0.25, 0.3) is 0 Å². The number of benzene rings is 1. The second-order valence-electron chi connectivity index (χ2n) is 10.4. The van der Waals surface area contributed by atoms with Crippen LogP contribution >= 0.6 is 11.6 Å². The molecule has 16 heteroatoms. The van der Waals surface area contributed by atoms with Gasteiger partial charge in [-0.1, -0.05) is 12.8 Å². The van der Waals surface area contributed by atoms with Gasteiger partial charge in [0.05, 0.1) is 144 Å². The molecule has 0 spiro atoms. The Balaban J connectivity index is 1.63. The molecule has 0 amide bonds. The minimum atomic E-state index is -0.452. The van der Waals surface area contributed by atoms with Crippen molar-refractivity contribution in [3.63, 3.8) is 0 Å². The van der Waals surface area contributed by atoms with Crippen molar-refractivity contribution in [2.24, 2.45) is 0 Å². The van der Waals surface area contributed by atoms with E-state index >= 15 is 0 Å². The van der Waals surface area contributed by atoms with Crippen molar-refractivity contribution >= 4 is 17.3 Å². The number of hydrogen-bond donors (Lipinski definition) is 0. The van der Waals surface area contributed by atoms with Gasteiger partial charge in [0.2, 0.25) is 0 Å². The summed E-state index contributed by atoms with van der Waals surface area (Å²) >= 11 is 5.65. The maximum absolute atomic E-state index is 10.6. The molecule has 0 bridgehead atoms. The highest BCUT2D eigenvalue weighted by molar-refractivity contribution is 6.17. The van der Waals surface area contributed by atoms with Crippen LogP contribution in [0.5, 0.6) is 5.75 Å². The minimum absolute atomic E-state index is 0.0254. The molecule has 1 aromatic rings. The number of nitrogens with zero attached hydrogens (tertiary/aromatic N) is 1. The summed E-state index contributed by atoms with van der Waals surface area (Å²) in [5.41, 5.74) is 0.0254. The summed E-state index contributed by atoms with van der Waals surface area (Å²) in [7, 11) is 0. The lowest BCUT2D eigenvalue weighted by atomic mass is 10.2. The summed E-state index contributed by atoms with van der Waals surface area (Å²) < 4.78 is 65.7. The summed E-state index contributed by atoms with van der Waals surface area (Å²) in [4.78, 5) is 10.2. The molecule has 0 atom stereocenters. The van der Waals surface area contributed by atoms with Gasteiger partial charge in [-0.3, -0.25) is 10.1 Å². The van der Waals surface area contributed by atoms with Crippen LogP contribution in [0.2, 0.25) is 0 Å². The molecular weight excluding hydrogens is 682 g/mol. The van der Waals surface area contributed by atoms with Crippen LogP contribution in [0.4, 0.5) is 5.69 Å². The third-order valence-corrected chi connectivity index (χ3v) is 6.70. The summed E-state index contributed by atoms with van der Waals surface area (Å²) in [6.07, 6.45) is 4.47. The number of ether oxygens (including phenoxy) is 12. The largest absolute Gasteiger partial charge is 0.491 e. The fraction of sp³-hybridized carbons (Fsp3) is 0.824. The topological polar surface area (TPSA) is 154 Å². The van der Waals surface area contributed by atoms with Crippen molar-refractivity contribution in [2.75, 3.05) is 158 Å². The molecule has 292 valence electrons. The summed E-state index contributed by atoms with van der Waals surface area (Å²) in [6, 6.07) is 5.91. The molecule has 0 aliphatic carbocycles. The van der Waals surface area contributed by atoms with Gasteiger partial charge in [-0.2, -0.15) is 0 Å². The highest BCUT2D eigenvalue weighted by Crippen LogP contribution is 2.17. The van der Waals surface area contributed by atoms with E-state index in [4.69, 9.17) is 68.4 Å². The van der Waals surface area contributed by atoms with E-state index in [0.717, 1.165) is 31.7 Å². The fourth-order valence-electron chi connectivity index (χ4n) is 3.84. The summed E-state index contributed by atoms with van der Waals surface area (Å²) in [5.74, 6) is 1.29. The van der Waals surface area contributed by atoms with Gasteiger partial charge < -0.3 is 56.8 Å². The monoisotopic (exact) mass is 741 g/mol. The number of halogens is 1. The second-order valence-corrected chi connectivity index (χ2v) is 10.8. The number of non-ortho nitro benzene ring substituents is 1. The van der Waals surface area contributed by atoms with Crippen LogP contribution in [0.3, 0.4) is 0 Å². The lowest BCUT2D eigenvalue weighted by molar-refractivity contribution is -0.384. The van der Waals surface area contributed by atoms with Crippen LogP contribution in [0, 0.1) is 10.1 Å². The number of nitro groups is 1. The zero-order valence-electron chi connectivity index (χ0n) is 29.6. The zero-order chi connectivity index (χ0) is 35.8. The maximum Gasteiger partial charge on any atom is 0.269 e. The first-order valence-electron chi connectivity index (χ1n) is 17.5. The van der Waals surface area contributed by atoms with E-state index in [-0.39, 0.29) is 5.69 Å². The van der Waals surface area contributed by atoms with Gasteiger partial charge in [0.25, 0.3) is 5.69 Å². The Labute approximate surface area is 302 Å². The van der Waals surface area contributed by atoms with Crippen molar-refractivity contribution < 1.29 is 61.8 Å². The van der Waals surface area contributed by atoms with E-state index in [0.29, 0.717) is 151 Å². The van der Waals surface area contributed by atoms with Gasteiger partial charge >= 0.3 is 0 Å². The zero-order valence-corrected chi connectivity index (χ0v) is 30.4. The predicted molar refractivity (Wildman–Crippen MR) is 187 cm³/mol. The third kappa shape index (κ3) is 33.4. The number of hydrogen-bond acceptors (Lipinski definition) is 14. The van der Waals surface area contributed by atoms with E-state index in [2.05, 4.69) is 0 Å². The lowest BCUT2D eigenvalue weighted by Gasteiger charge is -2.09. The van der Waals surface area contributed by atoms with Gasteiger partial charge in [0.1, 0.15) is 12.4 Å². The average molecular weight is 742 g/mol. The van der Waals surface area contributed by atoms with Crippen LogP contribution in [-0.2, 0) is 52.1 Å². The molecule has 0 fully saturated rings. The Morgan fingerprint density at radius 2 is 0.680 bits per heavy atom. The van der Waals surface area contributed by atoms with Crippen LogP contribution < -0.4 is 4.74 Å². The van der Waals surface area contributed by atoms with Crippen molar-refractivity contribution in [3.8, 4) is 5.75 Å². The van der Waals surface area contributed by atoms with E-state index in [9.17, 15) is 10.1 Å². The normalized spacial score (nSPS) is 11.4. The van der Waals surface area contributed by atoms with Gasteiger partial charge in [-0.25, -0.2) is 0 Å². The number of unbranched alkanes of at least 4 members (excludes halogenated alkanes) is 3. The molecule has 50 heavy (non-hydrogen) atoms. The Hall–Kier alpha value is -1.73. The van der Waals surface area contributed by atoms with E-state index in [1.54, 1.807) is 12.1 Å². The Morgan fingerprint density at radius 3 is 0.980 bits per heavy atom. The minimum Gasteiger partial charge on any atom is -0.491 e. The van der Waals surface area contributed by atoms with E-state index in [1.165, 1.54) is 18.6 Å². The SMILES string of the molecule is O=[N+]([O-])c1ccc(OCCOCCOCCOCCOCCOCCOCCOCCOCCOCCOCCOCCCCCCCl)cc1. The first kappa shape index (κ1) is 46.3. The standard InChI is InChI=1S/C34H60ClNO14/c35-9-3-1-2-4-10-39-11-12-40-13-14-41-15-16-42-17-18-43-19-20-44-21-22-45-23-24-46-25-26-47-27-28-48-29-30-49-31-32-50-34-7-5-33(6-8-34)36(37)38/h5-8H,1-4,9-32H2. The molecule has 0 aliphatic heterocycles. The van der Waals surface area contributed by atoms with Gasteiger partial charge in [-0.05, 0) is 25.0 Å². The predicted octanol–water partition coefficient (Wildman–Crippen LogP) is 3.96.